The largest absolute Gasteiger partial charge is 0.329 e. The van der Waals surface area contributed by atoms with E-state index in [9.17, 15) is 0 Å². The molecule has 0 spiro atoms. The number of nitrogens with zero attached hydrogens (tertiary/aromatic N) is 3. The van der Waals surface area contributed by atoms with Crippen molar-refractivity contribution >= 4 is 11.6 Å². The molecule has 5 heteroatoms. The van der Waals surface area contributed by atoms with E-state index in [1.54, 1.807) is 0 Å². The van der Waals surface area contributed by atoms with Gasteiger partial charge in [0.1, 0.15) is 0 Å². The van der Waals surface area contributed by atoms with Gasteiger partial charge in [0.25, 0.3) is 0 Å². The summed E-state index contributed by atoms with van der Waals surface area (Å²) in [6.07, 6.45) is 3.74. The molecule has 2 heterocycles. The Morgan fingerprint density at radius 1 is 1.47 bits per heavy atom. The first-order chi connectivity index (χ1) is 8.13. The first-order valence-electron chi connectivity index (χ1n) is 6.25. The minimum Gasteiger partial charge on any atom is -0.329 e. The Morgan fingerprint density at radius 2 is 2.24 bits per heavy atom. The van der Waals surface area contributed by atoms with Crippen molar-refractivity contribution in [1.29, 1.82) is 0 Å². The van der Waals surface area contributed by atoms with E-state index in [1.165, 1.54) is 19.3 Å². The molecule has 1 aliphatic heterocycles. The number of nitrogens with two attached hydrogens (primary N) is 1. The third-order valence-electron chi connectivity index (χ3n) is 3.64. The molecule has 0 aliphatic carbocycles. The van der Waals surface area contributed by atoms with Gasteiger partial charge in [-0.25, -0.2) is 0 Å². The molecule has 0 aromatic carbocycles. The van der Waals surface area contributed by atoms with E-state index < -0.39 is 0 Å². The number of halogens is 1. The van der Waals surface area contributed by atoms with E-state index in [0.717, 1.165) is 36.0 Å². The van der Waals surface area contributed by atoms with Gasteiger partial charge in [-0.15, -0.1) is 0 Å². The van der Waals surface area contributed by atoms with Crippen LogP contribution in [0.3, 0.4) is 0 Å². The predicted molar refractivity (Wildman–Crippen MR) is 70.1 cm³/mol. The lowest BCUT2D eigenvalue weighted by atomic mass is 10.0. The second-order valence-corrected chi connectivity index (χ2v) is 5.20. The molecule has 1 unspecified atom stereocenters. The van der Waals surface area contributed by atoms with E-state index in [2.05, 4.69) is 10.00 Å². The Kier molecular flexibility index (Phi) is 4.07. The molecule has 2 rings (SSSR count). The smallest absolute Gasteiger partial charge is 0.0860 e. The van der Waals surface area contributed by atoms with Crippen LogP contribution in [0.1, 0.15) is 30.7 Å². The van der Waals surface area contributed by atoms with Crippen molar-refractivity contribution in [2.45, 2.75) is 38.8 Å². The van der Waals surface area contributed by atoms with Crippen molar-refractivity contribution in [3.63, 3.8) is 0 Å². The Morgan fingerprint density at radius 3 is 2.82 bits per heavy atom. The lowest BCUT2D eigenvalue weighted by molar-refractivity contribution is 0.141. The highest BCUT2D eigenvalue weighted by Crippen LogP contribution is 2.24. The molecular formula is C12H21ClN4. The summed E-state index contributed by atoms with van der Waals surface area (Å²) >= 11 is 6.28. The second-order valence-electron chi connectivity index (χ2n) is 4.83. The molecular weight excluding hydrogens is 236 g/mol. The molecule has 2 N–H and O–H groups in total. The van der Waals surface area contributed by atoms with Gasteiger partial charge in [-0.05, 0) is 26.3 Å². The molecule has 0 saturated carbocycles. The molecule has 0 radical (unpaired) electrons. The van der Waals surface area contributed by atoms with Crippen molar-refractivity contribution in [1.82, 2.24) is 14.7 Å². The summed E-state index contributed by atoms with van der Waals surface area (Å²) in [5.41, 5.74) is 7.84. The molecule has 0 bridgehead atoms. The summed E-state index contributed by atoms with van der Waals surface area (Å²) < 4.78 is 1.89. The highest BCUT2D eigenvalue weighted by molar-refractivity contribution is 6.31. The van der Waals surface area contributed by atoms with Crippen LogP contribution >= 0.6 is 11.6 Å². The van der Waals surface area contributed by atoms with Gasteiger partial charge in [0.05, 0.1) is 16.4 Å². The fraction of sp³-hybridized carbons (Fsp3) is 0.750. The van der Waals surface area contributed by atoms with Crippen molar-refractivity contribution in [3.8, 4) is 0 Å². The van der Waals surface area contributed by atoms with Crippen LogP contribution in [-0.2, 0) is 13.6 Å². The van der Waals surface area contributed by atoms with Gasteiger partial charge >= 0.3 is 0 Å². The molecule has 1 saturated heterocycles. The third kappa shape index (κ3) is 2.64. The average Bonchev–Trinajstić information content (AvgIpc) is 2.57. The summed E-state index contributed by atoms with van der Waals surface area (Å²) in [6.45, 7) is 4.65. The number of piperidine rings is 1. The number of hydrogen-bond acceptors (Lipinski definition) is 3. The first-order valence-corrected chi connectivity index (χ1v) is 6.63. The van der Waals surface area contributed by atoms with Crippen LogP contribution in [0.4, 0.5) is 0 Å². The maximum Gasteiger partial charge on any atom is 0.0860 e. The van der Waals surface area contributed by atoms with E-state index in [1.807, 2.05) is 18.7 Å². The van der Waals surface area contributed by atoms with Gasteiger partial charge in [-0.3, -0.25) is 9.58 Å². The van der Waals surface area contributed by atoms with E-state index >= 15 is 0 Å². The fourth-order valence-corrected chi connectivity index (χ4v) is 2.80. The first kappa shape index (κ1) is 12.9. The standard InChI is InChI=1S/C12H21ClN4/c1-9-12(13)11(16(2)15-9)8-17-6-4-3-5-10(17)7-14/h10H,3-8,14H2,1-2H3. The Labute approximate surface area is 108 Å². The third-order valence-corrected chi connectivity index (χ3v) is 4.13. The summed E-state index contributed by atoms with van der Waals surface area (Å²) in [5.74, 6) is 0. The molecule has 1 fully saturated rings. The Balaban J connectivity index is 2.13. The van der Waals surface area contributed by atoms with Crippen LogP contribution in [0.15, 0.2) is 0 Å². The highest BCUT2D eigenvalue weighted by atomic mass is 35.5. The maximum absolute atomic E-state index is 6.28. The number of aromatic nitrogens is 2. The van der Waals surface area contributed by atoms with E-state index in [0.29, 0.717) is 6.04 Å². The summed E-state index contributed by atoms with van der Waals surface area (Å²) in [7, 11) is 1.95. The zero-order valence-corrected chi connectivity index (χ0v) is 11.4. The number of rotatable bonds is 3. The van der Waals surface area contributed by atoms with Crippen molar-refractivity contribution in [2.24, 2.45) is 12.8 Å². The van der Waals surface area contributed by atoms with Gasteiger partial charge in [0, 0.05) is 26.2 Å². The summed E-state index contributed by atoms with van der Waals surface area (Å²) in [6, 6.07) is 0.495. The quantitative estimate of drug-likeness (QED) is 0.896. The maximum atomic E-state index is 6.28. The van der Waals surface area contributed by atoms with Gasteiger partial charge in [-0.1, -0.05) is 18.0 Å². The summed E-state index contributed by atoms with van der Waals surface area (Å²) in [4.78, 5) is 2.44. The van der Waals surface area contributed by atoms with E-state index in [-0.39, 0.29) is 0 Å². The molecule has 1 atom stereocenters. The van der Waals surface area contributed by atoms with Crippen LogP contribution in [0.5, 0.6) is 0 Å². The second kappa shape index (κ2) is 5.38. The molecule has 0 amide bonds. The minimum absolute atomic E-state index is 0.495. The van der Waals surface area contributed by atoms with Gasteiger partial charge in [0.15, 0.2) is 0 Å². The molecule has 1 aliphatic rings. The topological polar surface area (TPSA) is 47.1 Å². The van der Waals surface area contributed by atoms with Crippen LogP contribution < -0.4 is 5.73 Å². The van der Waals surface area contributed by atoms with Crippen LogP contribution in [0, 0.1) is 6.92 Å². The lowest BCUT2D eigenvalue weighted by Gasteiger charge is -2.34. The monoisotopic (exact) mass is 256 g/mol. The lowest BCUT2D eigenvalue weighted by Crippen LogP contribution is -2.43. The highest BCUT2D eigenvalue weighted by Gasteiger charge is 2.23. The minimum atomic E-state index is 0.495. The zero-order chi connectivity index (χ0) is 12.4. The predicted octanol–water partition coefficient (Wildman–Crippen LogP) is 1.70. The van der Waals surface area contributed by atoms with Crippen LogP contribution in [0.2, 0.25) is 5.02 Å². The van der Waals surface area contributed by atoms with Crippen LogP contribution in [0.25, 0.3) is 0 Å². The molecule has 1 aromatic rings. The average molecular weight is 257 g/mol. The molecule has 1 aromatic heterocycles. The molecule has 17 heavy (non-hydrogen) atoms. The van der Waals surface area contributed by atoms with Gasteiger partial charge in [-0.2, -0.15) is 5.10 Å². The zero-order valence-electron chi connectivity index (χ0n) is 10.6. The normalized spacial score (nSPS) is 22.0. The van der Waals surface area contributed by atoms with E-state index in [4.69, 9.17) is 17.3 Å². The summed E-state index contributed by atoms with van der Waals surface area (Å²) in [5, 5.41) is 5.15. The Bertz CT molecular complexity index is 388. The number of hydrogen-bond donors (Lipinski definition) is 1. The fourth-order valence-electron chi connectivity index (χ4n) is 2.58. The molecule has 4 nitrogen and oxygen atoms in total. The van der Waals surface area contributed by atoms with Crippen molar-refractivity contribution in [3.05, 3.63) is 16.4 Å². The number of likely N-dealkylation sites (tertiary alicyclic amines) is 1. The van der Waals surface area contributed by atoms with Crippen molar-refractivity contribution in [2.75, 3.05) is 13.1 Å². The van der Waals surface area contributed by atoms with Gasteiger partial charge < -0.3 is 5.73 Å². The van der Waals surface area contributed by atoms with Crippen molar-refractivity contribution < 1.29 is 0 Å². The SMILES string of the molecule is Cc1nn(C)c(CN2CCCCC2CN)c1Cl. The van der Waals surface area contributed by atoms with Gasteiger partial charge in [0.2, 0.25) is 0 Å². The van der Waals surface area contributed by atoms with Crippen LogP contribution in [-0.4, -0.2) is 33.8 Å². The molecule has 96 valence electrons. The Hall–Kier alpha value is -0.580. The number of aryl methyl sites for hydroxylation is 2.